The lowest BCUT2D eigenvalue weighted by Crippen LogP contribution is -2.32. The van der Waals surface area contributed by atoms with Crippen molar-refractivity contribution in [1.29, 1.82) is 0 Å². The second-order valence-electron chi connectivity index (χ2n) is 5.36. The molecule has 1 atom stereocenters. The van der Waals surface area contributed by atoms with Crippen LogP contribution in [-0.4, -0.2) is 13.0 Å². The molecular weight excluding hydrogens is 238 g/mol. The van der Waals surface area contributed by atoms with Gasteiger partial charge in [0.2, 0.25) is 5.91 Å². The number of rotatable bonds is 5. The number of nitrogens with one attached hydrogen (secondary N) is 1. The molecule has 3 heteroatoms. The van der Waals surface area contributed by atoms with Crippen LogP contribution in [0.2, 0.25) is 0 Å². The van der Waals surface area contributed by atoms with E-state index in [0.29, 0.717) is 12.5 Å². The van der Waals surface area contributed by atoms with Gasteiger partial charge >= 0.3 is 0 Å². The Balaban J connectivity index is 1.89. The van der Waals surface area contributed by atoms with Crippen LogP contribution in [0.4, 0.5) is 0 Å². The number of carbonyl (C=O) groups is 1. The third-order valence-electron chi connectivity index (χ3n) is 4.17. The number of ether oxygens (including phenoxy) is 1. The van der Waals surface area contributed by atoms with E-state index in [1.165, 1.54) is 25.7 Å². The van der Waals surface area contributed by atoms with E-state index >= 15 is 0 Å². The molecule has 1 aromatic carbocycles. The van der Waals surface area contributed by atoms with Gasteiger partial charge in [-0.2, -0.15) is 0 Å². The highest BCUT2D eigenvalue weighted by molar-refractivity contribution is 5.78. The van der Waals surface area contributed by atoms with Gasteiger partial charge in [0.05, 0.1) is 7.11 Å². The van der Waals surface area contributed by atoms with E-state index in [-0.39, 0.29) is 11.8 Å². The molecular formula is C16H23NO2. The van der Waals surface area contributed by atoms with Crippen LogP contribution in [0.3, 0.4) is 0 Å². The van der Waals surface area contributed by atoms with Gasteiger partial charge in [-0.25, -0.2) is 0 Å². The van der Waals surface area contributed by atoms with Crippen molar-refractivity contribution in [3.8, 4) is 5.75 Å². The van der Waals surface area contributed by atoms with Gasteiger partial charge < -0.3 is 10.1 Å². The number of hydrogen-bond acceptors (Lipinski definition) is 2. The highest BCUT2D eigenvalue weighted by atomic mass is 16.5. The molecule has 0 saturated heterocycles. The van der Waals surface area contributed by atoms with Crippen molar-refractivity contribution in [3.63, 3.8) is 0 Å². The van der Waals surface area contributed by atoms with Crippen LogP contribution in [0, 0.1) is 11.8 Å². The largest absolute Gasteiger partial charge is 0.496 e. The second kappa shape index (κ2) is 6.60. The summed E-state index contributed by atoms with van der Waals surface area (Å²) in [7, 11) is 1.65. The molecule has 19 heavy (non-hydrogen) atoms. The smallest absolute Gasteiger partial charge is 0.223 e. The summed E-state index contributed by atoms with van der Waals surface area (Å²) >= 11 is 0. The molecule has 1 unspecified atom stereocenters. The second-order valence-corrected chi connectivity index (χ2v) is 5.36. The minimum Gasteiger partial charge on any atom is -0.496 e. The molecule has 1 saturated carbocycles. The first kappa shape index (κ1) is 13.9. The Morgan fingerprint density at radius 3 is 2.74 bits per heavy atom. The molecule has 0 heterocycles. The molecule has 0 spiro atoms. The van der Waals surface area contributed by atoms with E-state index < -0.39 is 0 Å². The Morgan fingerprint density at radius 2 is 2.05 bits per heavy atom. The zero-order chi connectivity index (χ0) is 13.7. The van der Waals surface area contributed by atoms with Crippen molar-refractivity contribution in [3.05, 3.63) is 29.8 Å². The quantitative estimate of drug-likeness (QED) is 0.884. The Bertz CT molecular complexity index is 425. The summed E-state index contributed by atoms with van der Waals surface area (Å²) in [6, 6.07) is 7.80. The van der Waals surface area contributed by atoms with E-state index in [2.05, 4.69) is 5.32 Å². The molecule has 0 radical (unpaired) electrons. The fraction of sp³-hybridized carbons (Fsp3) is 0.562. The lowest BCUT2D eigenvalue weighted by atomic mass is 9.92. The standard InChI is InChI=1S/C16H23NO2/c1-12(13-7-3-4-8-13)16(18)17-11-14-9-5-6-10-15(14)19-2/h5-6,9-10,12-13H,3-4,7-8,11H2,1-2H3,(H,17,18). The Morgan fingerprint density at radius 1 is 1.37 bits per heavy atom. The van der Waals surface area contributed by atoms with Gasteiger partial charge in [-0.05, 0) is 24.8 Å². The summed E-state index contributed by atoms with van der Waals surface area (Å²) in [4.78, 5) is 12.2. The van der Waals surface area contributed by atoms with Crippen LogP contribution in [0.15, 0.2) is 24.3 Å². The predicted octanol–water partition coefficient (Wildman–Crippen LogP) is 3.14. The summed E-state index contributed by atoms with van der Waals surface area (Å²) in [5.74, 6) is 1.68. The van der Waals surface area contributed by atoms with Gasteiger partial charge in [0, 0.05) is 18.0 Å². The highest BCUT2D eigenvalue weighted by Crippen LogP contribution is 2.31. The lowest BCUT2D eigenvalue weighted by molar-refractivity contribution is -0.126. The number of para-hydroxylation sites is 1. The van der Waals surface area contributed by atoms with Crippen LogP contribution < -0.4 is 10.1 Å². The lowest BCUT2D eigenvalue weighted by Gasteiger charge is -2.18. The summed E-state index contributed by atoms with van der Waals surface area (Å²) in [5.41, 5.74) is 1.02. The maximum atomic E-state index is 12.2. The topological polar surface area (TPSA) is 38.3 Å². The molecule has 1 fully saturated rings. The molecule has 0 aliphatic heterocycles. The first-order valence-corrected chi connectivity index (χ1v) is 7.12. The summed E-state index contributed by atoms with van der Waals surface area (Å²) in [6.45, 7) is 2.59. The zero-order valence-electron chi connectivity index (χ0n) is 11.8. The first-order chi connectivity index (χ1) is 9.22. The fourth-order valence-corrected chi connectivity index (χ4v) is 2.86. The molecule has 2 rings (SSSR count). The number of hydrogen-bond donors (Lipinski definition) is 1. The van der Waals surface area contributed by atoms with E-state index in [1.807, 2.05) is 31.2 Å². The number of amides is 1. The van der Waals surface area contributed by atoms with Crippen LogP contribution >= 0.6 is 0 Å². The van der Waals surface area contributed by atoms with Gasteiger partial charge in [0.25, 0.3) is 0 Å². The molecule has 1 N–H and O–H groups in total. The summed E-state index contributed by atoms with van der Waals surface area (Å²) in [6.07, 6.45) is 4.94. The van der Waals surface area contributed by atoms with Crippen LogP contribution in [0.5, 0.6) is 5.75 Å². The Hall–Kier alpha value is -1.51. The van der Waals surface area contributed by atoms with Crippen molar-refractivity contribution in [2.75, 3.05) is 7.11 Å². The third kappa shape index (κ3) is 3.49. The minimum absolute atomic E-state index is 0.122. The van der Waals surface area contributed by atoms with Crippen molar-refractivity contribution >= 4 is 5.91 Å². The predicted molar refractivity (Wildman–Crippen MR) is 76.0 cm³/mol. The molecule has 3 nitrogen and oxygen atoms in total. The van der Waals surface area contributed by atoms with Crippen molar-refractivity contribution in [1.82, 2.24) is 5.32 Å². The van der Waals surface area contributed by atoms with E-state index in [4.69, 9.17) is 4.74 Å². The van der Waals surface area contributed by atoms with E-state index in [0.717, 1.165) is 11.3 Å². The van der Waals surface area contributed by atoms with Gasteiger partial charge in [-0.15, -0.1) is 0 Å². The number of carbonyl (C=O) groups excluding carboxylic acids is 1. The number of benzene rings is 1. The monoisotopic (exact) mass is 261 g/mol. The molecule has 1 aliphatic carbocycles. The third-order valence-corrected chi connectivity index (χ3v) is 4.17. The van der Waals surface area contributed by atoms with Gasteiger partial charge in [-0.3, -0.25) is 4.79 Å². The van der Waals surface area contributed by atoms with Crippen LogP contribution in [0.25, 0.3) is 0 Å². The van der Waals surface area contributed by atoms with E-state index in [9.17, 15) is 4.79 Å². The maximum absolute atomic E-state index is 12.2. The van der Waals surface area contributed by atoms with Crippen LogP contribution in [0.1, 0.15) is 38.2 Å². The Labute approximate surface area is 115 Å². The molecule has 0 aromatic heterocycles. The van der Waals surface area contributed by atoms with Crippen molar-refractivity contribution in [2.45, 2.75) is 39.2 Å². The van der Waals surface area contributed by atoms with Gasteiger partial charge in [0.1, 0.15) is 5.75 Å². The molecule has 0 bridgehead atoms. The summed E-state index contributed by atoms with van der Waals surface area (Å²) < 4.78 is 5.29. The van der Waals surface area contributed by atoms with Gasteiger partial charge in [0.15, 0.2) is 0 Å². The highest BCUT2D eigenvalue weighted by Gasteiger charge is 2.26. The fourth-order valence-electron chi connectivity index (χ4n) is 2.86. The minimum atomic E-state index is 0.122. The molecule has 104 valence electrons. The normalized spacial score (nSPS) is 17.2. The SMILES string of the molecule is COc1ccccc1CNC(=O)C(C)C1CCCC1. The first-order valence-electron chi connectivity index (χ1n) is 7.12. The maximum Gasteiger partial charge on any atom is 0.223 e. The Kier molecular flexibility index (Phi) is 4.83. The average Bonchev–Trinajstić information content (AvgIpc) is 2.98. The van der Waals surface area contributed by atoms with Crippen molar-refractivity contribution < 1.29 is 9.53 Å². The molecule has 1 aromatic rings. The summed E-state index contributed by atoms with van der Waals surface area (Å²) in [5, 5.41) is 3.03. The van der Waals surface area contributed by atoms with Gasteiger partial charge in [-0.1, -0.05) is 38.0 Å². The number of methoxy groups -OCH3 is 1. The molecule has 1 amide bonds. The molecule has 1 aliphatic rings. The van der Waals surface area contributed by atoms with Crippen LogP contribution in [-0.2, 0) is 11.3 Å². The van der Waals surface area contributed by atoms with Crippen molar-refractivity contribution in [2.24, 2.45) is 11.8 Å². The average molecular weight is 261 g/mol. The zero-order valence-corrected chi connectivity index (χ0v) is 11.8. The van der Waals surface area contributed by atoms with E-state index in [1.54, 1.807) is 7.11 Å².